The van der Waals surface area contributed by atoms with Crippen LogP contribution in [0.2, 0.25) is 0 Å². The highest BCUT2D eigenvalue weighted by Crippen LogP contribution is 2.30. The maximum Gasteiger partial charge on any atom is 0.153 e. The molecule has 1 aromatic carbocycles. The Morgan fingerprint density at radius 2 is 1.95 bits per heavy atom. The Bertz CT molecular complexity index is 610. The van der Waals surface area contributed by atoms with E-state index in [-0.39, 0.29) is 17.4 Å². The summed E-state index contributed by atoms with van der Waals surface area (Å²) in [5.41, 5.74) is 0.724. The predicted molar refractivity (Wildman–Crippen MR) is 82.7 cm³/mol. The summed E-state index contributed by atoms with van der Waals surface area (Å²) in [6.07, 6.45) is 5.09. The number of hydrogen-bond acceptors (Lipinski definition) is 1. The molecule has 116 valence electrons. The highest BCUT2D eigenvalue weighted by atomic mass is 35.5. The van der Waals surface area contributed by atoms with Crippen molar-refractivity contribution in [2.45, 2.75) is 57.9 Å². The molecule has 2 nitrogen and oxygen atoms in total. The molecule has 0 N–H and O–H groups in total. The van der Waals surface area contributed by atoms with E-state index in [1.165, 1.54) is 6.07 Å². The zero-order valence-electron chi connectivity index (χ0n) is 12.5. The SMILES string of the molecule is CCCCC(CCC)n1c(CCl)nc2c(F)cc(F)cc21. The van der Waals surface area contributed by atoms with E-state index in [1.54, 1.807) is 0 Å². The average molecular weight is 315 g/mol. The number of nitrogens with zero attached hydrogens (tertiary/aromatic N) is 2. The number of aromatic nitrogens is 2. The van der Waals surface area contributed by atoms with Gasteiger partial charge in [-0.1, -0.05) is 33.1 Å². The quantitative estimate of drug-likeness (QED) is 0.610. The lowest BCUT2D eigenvalue weighted by atomic mass is 10.0. The third-order valence-corrected chi connectivity index (χ3v) is 4.02. The number of halogens is 3. The molecule has 2 aromatic rings. The third-order valence-electron chi connectivity index (χ3n) is 3.78. The van der Waals surface area contributed by atoms with Gasteiger partial charge >= 0.3 is 0 Å². The van der Waals surface area contributed by atoms with Crippen LogP contribution in [-0.2, 0) is 5.88 Å². The summed E-state index contributed by atoms with van der Waals surface area (Å²) in [6, 6.07) is 2.42. The van der Waals surface area contributed by atoms with Crippen molar-refractivity contribution in [2.24, 2.45) is 0 Å². The Morgan fingerprint density at radius 1 is 1.19 bits per heavy atom. The van der Waals surface area contributed by atoms with Crippen molar-refractivity contribution in [1.82, 2.24) is 9.55 Å². The van der Waals surface area contributed by atoms with Gasteiger partial charge in [-0.2, -0.15) is 0 Å². The smallest absolute Gasteiger partial charge is 0.153 e. The molecule has 0 saturated carbocycles. The molecule has 1 aromatic heterocycles. The number of rotatable bonds is 7. The average Bonchev–Trinajstić information content (AvgIpc) is 2.82. The molecule has 1 unspecified atom stereocenters. The second kappa shape index (κ2) is 7.21. The fourth-order valence-corrected chi connectivity index (χ4v) is 3.03. The Balaban J connectivity index is 2.57. The molecular weight excluding hydrogens is 294 g/mol. The number of imidazole rings is 1. The minimum absolute atomic E-state index is 0.190. The van der Waals surface area contributed by atoms with Gasteiger partial charge in [-0.15, -0.1) is 11.6 Å². The molecule has 1 heterocycles. The van der Waals surface area contributed by atoms with E-state index >= 15 is 0 Å². The van der Waals surface area contributed by atoms with E-state index in [4.69, 9.17) is 11.6 Å². The molecular formula is C16H21ClF2N2. The van der Waals surface area contributed by atoms with Crippen LogP contribution >= 0.6 is 11.6 Å². The molecule has 1 atom stereocenters. The predicted octanol–water partition coefficient (Wildman–Crippen LogP) is 5.58. The number of fused-ring (bicyclic) bond motifs is 1. The molecule has 0 aliphatic rings. The van der Waals surface area contributed by atoms with Gasteiger partial charge in [-0.25, -0.2) is 13.8 Å². The molecule has 0 spiro atoms. The summed E-state index contributed by atoms with van der Waals surface area (Å²) in [5.74, 6) is -0.387. The van der Waals surface area contributed by atoms with Crippen molar-refractivity contribution >= 4 is 22.6 Å². The van der Waals surface area contributed by atoms with Crippen molar-refractivity contribution in [3.63, 3.8) is 0 Å². The van der Waals surface area contributed by atoms with Crippen LogP contribution < -0.4 is 0 Å². The van der Waals surface area contributed by atoms with Crippen molar-refractivity contribution in [3.8, 4) is 0 Å². The van der Waals surface area contributed by atoms with Gasteiger partial charge in [0.2, 0.25) is 0 Å². The number of hydrogen-bond donors (Lipinski definition) is 0. The summed E-state index contributed by atoms with van der Waals surface area (Å²) >= 11 is 5.97. The Kier molecular flexibility index (Phi) is 5.57. The maximum absolute atomic E-state index is 13.9. The monoisotopic (exact) mass is 314 g/mol. The molecule has 0 fully saturated rings. The highest BCUT2D eigenvalue weighted by molar-refractivity contribution is 6.16. The Labute approximate surface area is 129 Å². The maximum atomic E-state index is 13.9. The van der Waals surface area contributed by atoms with Crippen molar-refractivity contribution in [1.29, 1.82) is 0 Å². The molecule has 0 radical (unpaired) electrons. The molecule has 2 rings (SSSR count). The number of benzene rings is 1. The van der Waals surface area contributed by atoms with Crippen LogP contribution in [0.15, 0.2) is 12.1 Å². The lowest BCUT2D eigenvalue weighted by molar-refractivity contribution is 0.417. The molecule has 5 heteroatoms. The summed E-state index contributed by atoms with van der Waals surface area (Å²) in [7, 11) is 0. The van der Waals surface area contributed by atoms with Gasteiger partial charge in [-0.05, 0) is 18.9 Å². The van der Waals surface area contributed by atoms with Gasteiger partial charge in [0.25, 0.3) is 0 Å². The zero-order valence-corrected chi connectivity index (χ0v) is 13.3. The first-order valence-corrected chi connectivity index (χ1v) is 8.07. The summed E-state index contributed by atoms with van der Waals surface area (Å²) in [4.78, 5) is 4.27. The van der Waals surface area contributed by atoms with Gasteiger partial charge in [0.05, 0.1) is 11.4 Å². The Hall–Kier alpha value is -1.16. The Morgan fingerprint density at radius 3 is 2.57 bits per heavy atom. The van der Waals surface area contributed by atoms with Crippen LogP contribution in [0.4, 0.5) is 8.78 Å². The van der Waals surface area contributed by atoms with Crippen LogP contribution in [0.5, 0.6) is 0 Å². The fraction of sp³-hybridized carbons (Fsp3) is 0.562. The minimum Gasteiger partial charge on any atom is -0.324 e. The van der Waals surface area contributed by atoms with E-state index in [0.29, 0.717) is 11.3 Å². The zero-order chi connectivity index (χ0) is 15.4. The van der Waals surface area contributed by atoms with E-state index in [9.17, 15) is 8.78 Å². The second-order valence-electron chi connectivity index (χ2n) is 5.37. The van der Waals surface area contributed by atoms with Crippen molar-refractivity contribution in [2.75, 3.05) is 0 Å². The standard InChI is InChI=1S/C16H21ClF2N2/c1-3-5-7-12(6-4-2)21-14-9-11(18)8-13(19)16(14)20-15(21)10-17/h8-9,12H,3-7,10H2,1-2H3. The van der Waals surface area contributed by atoms with Crippen LogP contribution in [-0.4, -0.2) is 9.55 Å². The molecule has 0 saturated heterocycles. The molecule has 0 bridgehead atoms. The molecule has 0 amide bonds. The lowest BCUT2D eigenvalue weighted by Gasteiger charge is -2.21. The van der Waals surface area contributed by atoms with E-state index < -0.39 is 11.6 Å². The highest BCUT2D eigenvalue weighted by Gasteiger charge is 2.20. The molecule has 21 heavy (non-hydrogen) atoms. The van der Waals surface area contributed by atoms with Gasteiger partial charge in [0, 0.05) is 12.1 Å². The summed E-state index contributed by atoms with van der Waals surface area (Å²) in [6.45, 7) is 4.25. The first-order chi connectivity index (χ1) is 10.1. The third kappa shape index (κ3) is 3.37. The largest absolute Gasteiger partial charge is 0.324 e. The second-order valence-corrected chi connectivity index (χ2v) is 5.64. The minimum atomic E-state index is -0.624. The topological polar surface area (TPSA) is 17.8 Å². The van der Waals surface area contributed by atoms with Gasteiger partial charge in [0.1, 0.15) is 17.2 Å². The lowest BCUT2D eigenvalue weighted by Crippen LogP contribution is -2.12. The van der Waals surface area contributed by atoms with Crippen molar-refractivity contribution in [3.05, 3.63) is 29.6 Å². The summed E-state index contributed by atoms with van der Waals surface area (Å²) in [5, 5.41) is 0. The van der Waals surface area contributed by atoms with Crippen LogP contribution in [0.3, 0.4) is 0 Å². The van der Waals surface area contributed by atoms with E-state index in [2.05, 4.69) is 18.8 Å². The van der Waals surface area contributed by atoms with Gasteiger partial charge < -0.3 is 4.57 Å². The summed E-state index contributed by atoms with van der Waals surface area (Å²) < 4.78 is 29.4. The van der Waals surface area contributed by atoms with Crippen molar-refractivity contribution < 1.29 is 8.78 Å². The fourth-order valence-electron chi connectivity index (χ4n) is 2.85. The van der Waals surface area contributed by atoms with Crippen LogP contribution in [0, 0.1) is 11.6 Å². The molecule has 0 aliphatic heterocycles. The first-order valence-electron chi connectivity index (χ1n) is 7.54. The number of alkyl halides is 1. The van der Waals surface area contributed by atoms with Gasteiger partial charge in [-0.3, -0.25) is 0 Å². The number of unbranched alkanes of at least 4 members (excludes halogenated alkanes) is 1. The van der Waals surface area contributed by atoms with E-state index in [1.807, 2.05) is 4.57 Å². The van der Waals surface area contributed by atoms with Gasteiger partial charge in [0.15, 0.2) is 5.82 Å². The molecule has 0 aliphatic carbocycles. The normalized spacial score (nSPS) is 13.0. The van der Waals surface area contributed by atoms with Crippen LogP contribution in [0.25, 0.3) is 11.0 Å². The van der Waals surface area contributed by atoms with E-state index in [0.717, 1.165) is 38.2 Å². The van der Waals surface area contributed by atoms with Crippen LogP contribution in [0.1, 0.15) is 57.8 Å². The first kappa shape index (κ1) is 16.2.